The molecule has 2 amide bonds. The number of benzene rings is 1. The maximum atomic E-state index is 12.2. The number of hydrogen-bond acceptors (Lipinski definition) is 3. The van der Waals surface area contributed by atoms with Crippen LogP contribution in [0.2, 0.25) is 0 Å². The lowest BCUT2D eigenvalue weighted by Gasteiger charge is -2.23. The zero-order valence-corrected chi connectivity index (χ0v) is 14.3. The Morgan fingerprint density at radius 3 is 2.52 bits per heavy atom. The topological polar surface area (TPSA) is 55.8 Å². The number of hydrogen-bond donors (Lipinski definition) is 2. The third kappa shape index (κ3) is 4.94. The quantitative estimate of drug-likeness (QED) is 0.810. The average Bonchev–Trinajstić information content (AvgIpc) is 3.07. The van der Waals surface area contributed by atoms with Gasteiger partial charge in [-0.05, 0) is 37.1 Å². The molecule has 5 nitrogen and oxygen atoms in total. The van der Waals surface area contributed by atoms with Gasteiger partial charge < -0.3 is 15.3 Å². The molecule has 0 spiro atoms. The normalized spacial score (nSPS) is 17.7. The van der Waals surface area contributed by atoms with Crippen molar-refractivity contribution in [3.63, 3.8) is 0 Å². The fourth-order valence-electron chi connectivity index (χ4n) is 3.04. The van der Waals surface area contributed by atoms with Crippen LogP contribution in [-0.2, 0) is 13.1 Å². The molecule has 1 atom stereocenters. The number of aliphatic hydroxyl groups is 1. The van der Waals surface area contributed by atoms with Gasteiger partial charge in [-0.1, -0.05) is 38.1 Å². The lowest BCUT2D eigenvalue weighted by molar-refractivity contribution is 0.157. The smallest absolute Gasteiger partial charge is 0.317 e. The highest BCUT2D eigenvalue weighted by Crippen LogP contribution is 2.16. The Balaban J connectivity index is 1.83. The van der Waals surface area contributed by atoms with Gasteiger partial charge >= 0.3 is 6.03 Å². The summed E-state index contributed by atoms with van der Waals surface area (Å²) < 4.78 is 0. The van der Waals surface area contributed by atoms with Gasteiger partial charge in [0.05, 0.1) is 12.6 Å². The summed E-state index contributed by atoms with van der Waals surface area (Å²) in [6.07, 6.45) is 1.86. The van der Waals surface area contributed by atoms with Crippen molar-refractivity contribution in [1.82, 2.24) is 15.1 Å². The van der Waals surface area contributed by atoms with Crippen molar-refractivity contribution in [3.05, 3.63) is 35.4 Å². The third-order valence-corrected chi connectivity index (χ3v) is 4.62. The van der Waals surface area contributed by atoms with E-state index in [0.29, 0.717) is 6.54 Å². The van der Waals surface area contributed by atoms with Crippen molar-refractivity contribution in [2.75, 3.05) is 26.2 Å². The highest BCUT2D eigenvalue weighted by atomic mass is 16.3. The minimum Gasteiger partial charge on any atom is -0.394 e. The summed E-state index contributed by atoms with van der Waals surface area (Å²) in [5.74, 6) is 0. The van der Waals surface area contributed by atoms with Gasteiger partial charge in [0.25, 0.3) is 0 Å². The highest BCUT2D eigenvalue weighted by Gasteiger charge is 2.27. The Kier molecular flexibility index (Phi) is 6.86. The van der Waals surface area contributed by atoms with Crippen molar-refractivity contribution in [3.8, 4) is 0 Å². The molecular weight excluding hydrogens is 290 g/mol. The molecule has 0 bridgehead atoms. The molecule has 2 N–H and O–H groups in total. The van der Waals surface area contributed by atoms with Crippen LogP contribution in [0.5, 0.6) is 0 Å². The number of amides is 2. The Labute approximate surface area is 139 Å². The van der Waals surface area contributed by atoms with Crippen molar-refractivity contribution in [2.24, 2.45) is 0 Å². The largest absolute Gasteiger partial charge is 0.394 e. The summed E-state index contributed by atoms with van der Waals surface area (Å²) in [5, 5.41) is 12.2. The number of nitrogens with one attached hydrogen (secondary N) is 1. The molecule has 1 heterocycles. The molecular formula is C18H29N3O2. The maximum Gasteiger partial charge on any atom is 0.317 e. The molecule has 1 aromatic rings. The first kappa shape index (κ1) is 17.8. The van der Waals surface area contributed by atoms with Crippen LogP contribution in [-0.4, -0.2) is 53.2 Å². The first-order valence-electron chi connectivity index (χ1n) is 8.63. The zero-order valence-electron chi connectivity index (χ0n) is 14.3. The molecule has 5 heteroatoms. The second-order valence-corrected chi connectivity index (χ2v) is 6.11. The second-order valence-electron chi connectivity index (χ2n) is 6.11. The molecule has 0 radical (unpaired) electrons. The molecule has 1 aromatic carbocycles. The van der Waals surface area contributed by atoms with Crippen molar-refractivity contribution in [2.45, 2.75) is 45.8 Å². The molecule has 0 aromatic heterocycles. The van der Waals surface area contributed by atoms with E-state index >= 15 is 0 Å². The third-order valence-electron chi connectivity index (χ3n) is 4.62. The van der Waals surface area contributed by atoms with E-state index in [1.807, 2.05) is 0 Å². The van der Waals surface area contributed by atoms with Gasteiger partial charge in [0.2, 0.25) is 0 Å². The summed E-state index contributed by atoms with van der Waals surface area (Å²) >= 11 is 0. The van der Waals surface area contributed by atoms with Crippen LogP contribution in [0.3, 0.4) is 0 Å². The Hall–Kier alpha value is -1.59. The molecule has 1 aliphatic heterocycles. The SMILES string of the molecule is CCN(CC)Cc1ccc(CNC(=O)N2CCCC2CO)cc1. The van der Waals surface area contributed by atoms with Gasteiger partial charge in [-0.2, -0.15) is 0 Å². The number of carbonyl (C=O) groups is 1. The molecule has 128 valence electrons. The lowest BCUT2D eigenvalue weighted by Crippen LogP contribution is -2.43. The number of carbonyl (C=O) groups excluding carboxylic acids is 1. The van der Waals surface area contributed by atoms with Gasteiger partial charge in [-0.3, -0.25) is 4.90 Å². The van der Waals surface area contributed by atoms with E-state index in [1.165, 1.54) is 5.56 Å². The van der Waals surface area contributed by atoms with Gasteiger partial charge in [0.15, 0.2) is 0 Å². The number of aliphatic hydroxyl groups excluding tert-OH is 1. The fraction of sp³-hybridized carbons (Fsp3) is 0.611. The van der Waals surface area contributed by atoms with Gasteiger partial charge in [-0.25, -0.2) is 4.79 Å². The first-order chi connectivity index (χ1) is 11.2. The zero-order chi connectivity index (χ0) is 16.7. The Bertz CT molecular complexity index is 486. The Morgan fingerprint density at radius 1 is 1.26 bits per heavy atom. The minimum absolute atomic E-state index is 0.0218. The van der Waals surface area contributed by atoms with Crippen LogP contribution in [0.1, 0.15) is 37.8 Å². The maximum absolute atomic E-state index is 12.2. The van der Waals surface area contributed by atoms with Crippen LogP contribution in [0, 0.1) is 0 Å². The van der Waals surface area contributed by atoms with Crippen molar-refractivity contribution >= 4 is 6.03 Å². The fourth-order valence-corrected chi connectivity index (χ4v) is 3.04. The summed E-state index contributed by atoms with van der Waals surface area (Å²) in [6.45, 7) is 8.72. The van der Waals surface area contributed by atoms with Crippen LogP contribution in [0.4, 0.5) is 4.79 Å². The van der Waals surface area contributed by atoms with E-state index in [-0.39, 0.29) is 18.7 Å². The molecule has 1 unspecified atom stereocenters. The number of urea groups is 1. The van der Waals surface area contributed by atoms with Crippen LogP contribution < -0.4 is 5.32 Å². The summed E-state index contributed by atoms with van der Waals surface area (Å²) in [7, 11) is 0. The van der Waals surface area contributed by atoms with Gasteiger partial charge in [0.1, 0.15) is 0 Å². The van der Waals surface area contributed by atoms with E-state index in [0.717, 1.165) is 44.6 Å². The predicted octanol–water partition coefficient (Wildman–Crippen LogP) is 2.19. The van der Waals surface area contributed by atoms with Crippen LogP contribution in [0.15, 0.2) is 24.3 Å². The molecule has 0 saturated carbocycles. The number of nitrogens with zero attached hydrogens (tertiary/aromatic N) is 2. The monoisotopic (exact) mass is 319 g/mol. The molecule has 2 rings (SSSR count). The second kappa shape index (κ2) is 8.89. The molecule has 23 heavy (non-hydrogen) atoms. The number of rotatable bonds is 7. The van der Waals surface area contributed by atoms with E-state index in [4.69, 9.17) is 0 Å². The van der Waals surface area contributed by atoms with E-state index in [9.17, 15) is 9.90 Å². The highest BCUT2D eigenvalue weighted by molar-refractivity contribution is 5.74. The lowest BCUT2D eigenvalue weighted by atomic mass is 10.1. The predicted molar refractivity (Wildman–Crippen MR) is 92.1 cm³/mol. The van der Waals surface area contributed by atoms with Crippen LogP contribution in [0.25, 0.3) is 0 Å². The van der Waals surface area contributed by atoms with Crippen molar-refractivity contribution in [1.29, 1.82) is 0 Å². The van der Waals surface area contributed by atoms with Gasteiger partial charge in [0, 0.05) is 19.6 Å². The first-order valence-corrected chi connectivity index (χ1v) is 8.63. The minimum atomic E-state index is -0.0752. The number of likely N-dealkylation sites (tertiary alicyclic amines) is 1. The van der Waals surface area contributed by atoms with Crippen LogP contribution >= 0.6 is 0 Å². The van der Waals surface area contributed by atoms with E-state index in [1.54, 1.807) is 4.90 Å². The summed E-state index contributed by atoms with van der Waals surface area (Å²) in [5.41, 5.74) is 2.39. The molecule has 1 saturated heterocycles. The van der Waals surface area contributed by atoms with E-state index in [2.05, 4.69) is 48.3 Å². The Morgan fingerprint density at radius 2 is 1.91 bits per heavy atom. The van der Waals surface area contributed by atoms with E-state index < -0.39 is 0 Å². The summed E-state index contributed by atoms with van der Waals surface area (Å²) in [4.78, 5) is 16.3. The average molecular weight is 319 g/mol. The molecule has 0 aliphatic carbocycles. The molecule has 1 fully saturated rings. The molecule has 1 aliphatic rings. The van der Waals surface area contributed by atoms with Crippen molar-refractivity contribution < 1.29 is 9.90 Å². The van der Waals surface area contributed by atoms with Gasteiger partial charge in [-0.15, -0.1) is 0 Å². The summed E-state index contributed by atoms with van der Waals surface area (Å²) in [6, 6.07) is 8.32. The standard InChI is InChI=1S/C18H29N3O2/c1-3-20(4-2)13-16-9-7-15(8-10-16)12-19-18(23)21-11-5-6-17(21)14-22/h7-10,17,22H,3-6,11-14H2,1-2H3,(H,19,23).